The fraction of sp³-hybridized carbons (Fsp3) is 1.00. The van der Waals surface area contributed by atoms with Crippen LogP contribution in [-0.4, -0.2) is 26.2 Å². The molecule has 1 rings (SSSR count). The fourth-order valence-corrected chi connectivity index (χ4v) is 2.36. The molecule has 0 aromatic carbocycles. The summed E-state index contributed by atoms with van der Waals surface area (Å²) in [6, 6.07) is 0. The highest BCUT2D eigenvalue weighted by atomic mass is 14.9. The van der Waals surface area contributed by atoms with Gasteiger partial charge in [-0.2, -0.15) is 0 Å². The third-order valence-corrected chi connectivity index (χ3v) is 3.95. The zero-order chi connectivity index (χ0) is 11.1. The fourth-order valence-electron chi connectivity index (χ4n) is 2.36. The molecular formula is C13H28N2. The molecule has 2 N–H and O–H groups in total. The third-order valence-electron chi connectivity index (χ3n) is 3.95. The van der Waals surface area contributed by atoms with Crippen LogP contribution in [0.3, 0.4) is 0 Å². The van der Waals surface area contributed by atoms with Gasteiger partial charge in [-0.15, -0.1) is 0 Å². The number of hydrogen-bond donors (Lipinski definition) is 2. The maximum atomic E-state index is 3.67. The minimum atomic E-state index is 0.539. The molecular weight excluding hydrogens is 184 g/mol. The lowest BCUT2D eigenvalue weighted by molar-refractivity contribution is 0.216. The van der Waals surface area contributed by atoms with Crippen LogP contribution in [0.4, 0.5) is 0 Å². The standard InChI is InChI=1S/C13H28N2/c1-4-12(5-2)10-15-11-13(3)6-8-14-9-7-13/h12,14-15H,4-11H2,1-3H3. The molecule has 0 aromatic heterocycles. The molecule has 1 heterocycles. The molecule has 0 unspecified atom stereocenters. The summed E-state index contributed by atoms with van der Waals surface area (Å²) in [5.74, 6) is 0.871. The van der Waals surface area contributed by atoms with E-state index in [1.807, 2.05) is 0 Å². The normalized spacial score (nSPS) is 20.8. The summed E-state index contributed by atoms with van der Waals surface area (Å²) >= 11 is 0. The molecule has 2 nitrogen and oxygen atoms in total. The zero-order valence-corrected chi connectivity index (χ0v) is 10.7. The van der Waals surface area contributed by atoms with Crippen LogP contribution >= 0.6 is 0 Å². The summed E-state index contributed by atoms with van der Waals surface area (Å²) in [7, 11) is 0. The van der Waals surface area contributed by atoms with E-state index in [0.29, 0.717) is 5.41 Å². The minimum absolute atomic E-state index is 0.539. The Hall–Kier alpha value is -0.0800. The van der Waals surface area contributed by atoms with Crippen molar-refractivity contribution in [2.45, 2.75) is 46.5 Å². The average Bonchev–Trinajstić information content (AvgIpc) is 2.25. The van der Waals surface area contributed by atoms with Crippen molar-refractivity contribution in [1.82, 2.24) is 10.6 Å². The first kappa shape index (κ1) is 13.0. The molecule has 0 radical (unpaired) electrons. The van der Waals surface area contributed by atoms with Gasteiger partial charge in [-0.25, -0.2) is 0 Å². The molecule has 1 saturated heterocycles. The summed E-state index contributed by atoms with van der Waals surface area (Å²) in [5.41, 5.74) is 0.539. The van der Waals surface area contributed by atoms with Crippen molar-refractivity contribution in [1.29, 1.82) is 0 Å². The maximum absolute atomic E-state index is 3.67. The van der Waals surface area contributed by atoms with Crippen LogP contribution in [0.1, 0.15) is 46.5 Å². The maximum Gasteiger partial charge on any atom is 0.000623 e. The second-order valence-corrected chi connectivity index (χ2v) is 5.37. The van der Waals surface area contributed by atoms with Crippen LogP contribution in [0.2, 0.25) is 0 Å². The molecule has 2 heteroatoms. The molecule has 0 amide bonds. The second kappa shape index (κ2) is 6.49. The monoisotopic (exact) mass is 212 g/mol. The first-order chi connectivity index (χ1) is 7.20. The van der Waals surface area contributed by atoms with Crippen molar-refractivity contribution in [3.05, 3.63) is 0 Å². The van der Waals surface area contributed by atoms with E-state index in [-0.39, 0.29) is 0 Å². The van der Waals surface area contributed by atoms with Crippen LogP contribution in [0.25, 0.3) is 0 Å². The van der Waals surface area contributed by atoms with Gasteiger partial charge in [-0.05, 0) is 43.8 Å². The Balaban J connectivity index is 2.17. The Morgan fingerprint density at radius 3 is 2.33 bits per heavy atom. The summed E-state index contributed by atoms with van der Waals surface area (Å²) in [5, 5.41) is 7.10. The molecule has 0 bridgehead atoms. The van der Waals surface area contributed by atoms with Gasteiger partial charge in [0.2, 0.25) is 0 Å². The van der Waals surface area contributed by atoms with Gasteiger partial charge in [-0.3, -0.25) is 0 Å². The van der Waals surface area contributed by atoms with Crippen LogP contribution in [0.5, 0.6) is 0 Å². The molecule has 90 valence electrons. The lowest BCUT2D eigenvalue weighted by atomic mass is 9.81. The van der Waals surface area contributed by atoms with Crippen LogP contribution in [0.15, 0.2) is 0 Å². The summed E-state index contributed by atoms with van der Waals surface area (Å²) < 4.78 is 0. The summed E-state index contributed by atoms with van der Waals surface area (Å²) in [6.45, 7) is 11.8. The van der Waals surface area contributed by atoms with Crippen LogP contribution in [-0.2, 0) is 0 Å². The van der Waals surface area contributed by atoms with Gasteiger partial charge >= 0.3 is 0 Å². The predicted molar refractivity (Wildman–Crippen MR) is 67.2 cm³/mol. The van der Waals surface area contributed by atoms with Crippen LogP contribution < -0.4 is 10.6 Å². The van der Waals surface area contributed by atoms with E-state index in [0.717, 1.165) is 5.92 Å². The van der Waals surface area contributed by atoms with Crippen molar-refractivity contribution in [3.63, 3.8) is 0 Å². The van der Waals surface area contributed by atoms with Crippen molar-refractivity contribution in [2.75, 3.05) is 26.2 Å². The number of piperidine rings is 1. The van der Waals surface area contributed by atoms with Crippen LogP contribution in [0, 0.1) is 11.3 Å². The lowest BCUT2D eigenvalue weighted by Gasteiger charge is -2.34. The van der Waals surface area contributed by atoms with E-state index in [1.54, 1.807) is 0 Å². The van der Waals surface area contributed by atoms with Gasteiger partial charge in [0.25, 0.3) is 0 Å². The molecule has 0 spiro atoms. The van der Waals surface area contributed by atoms with E-state index < -0.39 is 0 Å². The second-order valence-electron chi connectivity index (χ2n) is 5.37. The number of rotatable bonds is 6. The van der Waals surface area contributed by atoms with E-state index >= 15 is 0 Å². The minimum Gasteiger partial charge on any atom is -0.317 e. The van der Waals surface area contributed by atoms with Gasteiger partial charge in [0.1, 0.15) is 0 Å². The van der Waals surface area contributed by atoms with Gasteiger partial charge in [0.05, 0.1) is 0 Å². The Kier molecular flexibility index (Phi) is 5.62. The van der Waals surface area contributed by atoms with Crippen molar-refractivity contribution < 1.29 is 0 Å². The lowest BCUT2D eigenvalue weighted by Crippen LogP contribution is -2.42. The average molecular weight is 212 g/mol. The molecule has 0 aromatic rings. The SMILES string of the molecule is CCC(CC)CNCC1(C)CCNCC1. The van der Waals surface area contributed by atoms with E-state index in [9.17, 15) is 0 Å². The Bertz CT molecular complexity index is 158. The van der Waals surface area contributed by atoms with Gasteiger partial charge in [0.15, 0.2) is 0 Å². The highest BCUT2D eigenvalue weighted by molar-refractivity contribution is 4.82. The van der Waals surface area contributed by atoms with Crippen molar-refractivity contribution in [2.24, 2.45) is 11.3 Å². The van der Waals surface area contributed by atoms with Gasteiger partial charge < -0.3 is 10.6 Å². The highest BCUT2D eigenvalue weighted by Crippen LogP contribution is 2.26. The molecule has 0 atom stereocenters. The van der Waals surface area contributed by atoms with E-state index in [2.05, 4.69) is 31.4 Å². The molecule has 15 heavy (non-hydrogen) atoms. The summed E-state index contributed by atoms with van der Waals surface area (Å²) in [4.78, 5) is 0. The van der Waals surface area contributed by atoms with E-state index in [1.165, 1.54) is 51.9 Å². The Morgan fingerprint density at radius 1 is 1.20 bits per heavy atom. The zero-order valence-electron chi connectivity index (χ0n) is 10.7. The first-order valence-electron chi connectivity index (χ1n) is 6.61. The highest BCUT2D eigenvalue weighted by Gasteiger charge is 2.25. The van der Waals surface area contributed by atoms with Gasteiger partial charge in [0, 0.05) is 6.54 Å². The third kappa shape index (κ3) is 4.52. The predicted octanol–water partition coefficient (Wildman–Crippen LogP) is 2.40. The number of nitrogens with one attached hydrogen (secondary N) is 2. The number of hydrogen-bond acceptors (Lipinski definition) is 2. The van der Waals surface area contributed by atoms with Crippen molar-refractivity contribution >= 4 is 0 Å². The Morgan fingerprint density at radius 2 is 1.80 bits per heavy atom. The largest absolute Gasteiger partial charge is 0.317 e. The first-order valence-corrected chi connectivity index (χ1v) is 6.61. The summed E-state index contributed by atoms with van der Waals surface area (Å²) in [6.07, 6.45) is 5.26. The molecule has 1 fully saturated rings. The topological polar surface area (TPSA) is 24.1 Å². The molecule has 1 aliphatic rings. The molecule has 1 aliphatic heterocycles. The molecule has 0 aliphatic carbocycles. The van der Waals surface area contributed by atoms with Crippen molar-refractivity contribution in [3.8, 4) is 0 Å². The molecule has 0 saturated carbocycles. The smallest absolute Gasteiger partial charge is 0.000623 e. The van der Waals surface area contributed by atoms with E-state index in [4.69, 9.17) is 0 Å². The van der Waals surface area contributed by atoms with Gasteiger partial charge in [-0.1, -0.05) is 33.6 Å². The Labute approximate surface area is 95.2 Å². The quantitative estimate of drug-likeness (QED) is 0.706.